The van der Waals surface area contributed by atoms with Gasteiger partial charge in [-0.3, -0.25) is 14.5 Å². The van der Waals surface area contributed by atoms with Crippen molar-refractivity contribution in [2.45, 2.75) is 25.5 Å². The Labute approximate surface area is 208 Å². The second kappa shape index (κ2) is 10.2. The van der Waals surface area contributed by atoms with Gasteiger partial charge in [0.05, 0.1) is 5.25 Å². The molecule has 3 aromatic carbocycles. The summed E-state index contributed by atoms with van der Waals surface area (Å²) in [5, 5.41) is 13.1. The van der Waals surface area contributed by atoms with Gasteiger partial charge in [0.2, 0.25) is 5.91 Å². The van der Waals surface area contributed by atoms with E-state index in [1.807, 2.05) is 56.3 Å². The molecule has 0 aromatic heterocycles. The number of rotatable bonds is 5. The molecule has 1 saturated heterocycles. The highest BCUT2D eigenvalue weighted by atomic mass is 35.5. The molecule has 1 atom stereocenters. The van der Waals surface area contributed by atoms with Crippen molar-refractivity contribution in [3.63, 3.8) is 0 Å². The lowest BCUT2D eigenvalue weighted by Crippen LogP contribution is -2.31. The van der Waals surface area contributed by atoms with Gasteiger partial charge in [0.15, 0.2) is 0 Å². The fourth-order valence-corrected chi connectivity index (χ4v) is 5.10. The fourth-order valence-electron chi connectivity index (χ4n) is 3.68. The number of carbonyl (C=O) groups is 2. The van der Waals surface area contributed by atoms with Gasteiger partial charge in [-0.05, 0) is 67.8 Å². The standard InChI is InChI=1S/C27H22ClN3O2S/c1-17-7-11-21(12-8-17)30-25(32)23(16-29)27-31(22-13-9-20(28)10-14-22)26(33)24(34-27)15-19-6-4-3-5-18(19)2/h3-14,24H,15H2,1-2H3,(H,30,32)/b27-23-/t24-/m1/s1. The minimum absolute atomic E-state index is 0.110. The van der Waals surface area contributed by atoms with E-state index in [1.54, 1.807) is 36.4 Å². The Hall–Kier alpha value is -3.53. The number of anilines is 2. The van der Waals surface area contributed by atoms with Crippen molar-refractivity contribution in [3.05, 3.63) is 105 Å². The van der Waals surface area contributed by atoms with Gasteiger partial charge in [0.1, 0.15) is 16.7 Å². The van der Waals surface area contributed by atoms with Crippen molar-refractivity contribution in [1.82, 2.24) is 0 Å². The van der Waals surface area contributed by atoms with E-state index in [-0.39, 0.29) is 11.5 Å². The number of nitriles is 1. The van der Waals surface area contributed by atoms with E-state index in [9.17, 15) is 14.9 Å². The van der Waals surface area contributed by atoms with Crippen molar-refractivity contribution in [3.8, 4) is 6.07 Å². The summed E-state index contributed by atoms with van der Waals surface area (Å²) in [7, 11) is 0. The van der Waals surface area contributed by atoms with E-state index < -0.39 is 11.2 Å². The summed E-state index contributed by atoms with van der Waals surface area (Å²) in [6.07, 6.45) is 0.488. The van der Waals surface area contributed by atoms with Crippen LogP contribution in [0.3, 0.4) is 0 Å². The van der Waals surface area contributed by atoms with E-state index in [1.165, 1.54) is 16.7 Å². The van der Waals surface area contributed by atoms with Gasteiger partial charge in [-0.1, -0.05) is 65.3 Å². The number of hydrogen-bond donors (Lipinski definition) is 1. The Morgan fingerprint density at radius 1 is 1.06 bits per heavy atom. The molecule has 0 bridgehead atoms. The molecule has 0 radical (unpaired) electrons. The number of amides is 2. The van der Waals surface area contributed by atoms with E-state index in [2.05, 4.69) is 5.32 Å². The van der Waals surface area contributed by atoms with Gasteiger partial charge in [-0.25, -0.2) is 0 Å². The number of hydrogen-bond acceptors (Lipinski definition) is 4. The molecule has 0 unspecified atom stereocenters. The summed E-state index contributed by atoms with van der Waals surface area (Å²) >= 11 is 7.29. The van der Waals surface area contributed by atoms with Crippen LogP contribution in [-0.2, 0) is 16.0 Å². The van der Waals surface area contributed by atoms with Gasteiger partial charge in [-0.2, -0.15) is 5.26 Å². The van der Waals surface area contributed by atoms with E-state index in [4.69, 9.17) is 11.6 Å². The molecule has 1 N–H and O–H groups in total. The zero-order valence-corrected chi connectivity index (χ0v) is 20.3. The molecule has 0 saturated carbocycles. The molecule has 1 heterocycles. The summed E-state index contributed by atoms with van der Waals surface area (Å²) in [6.45, 7) is 3.95. The van der Waals surface area contributed by atoms with Crippen LogP contribution in [0.25, 0.3) is 0 Å². The van der Waals surface area contributed by atoms with Crippen LogP contribution in [0, 0.1) is 25.2 Å². The minimum atomic E-state index is -0.558. The zero-order chi connectivity index (χ0) is 24.2. The molecule has 3 aromatic rings. The number of nitrogens with zero attached hydrogens (tertiary/aromatic N) is 2. The van der Waals surface area contributed by atoms with Crippen LogP contribution in [0.4, 0.5) is 11.4 Å². The molecule has 0 aliphatic carbocycles. The number of halogens is 1. The number of benzene rings is 3. The largest absolute Gasteiger partial charge is 0.321 e. The Bertz CT molecular complexity index is 1310. The predicted molar refractivity (Wildman–Crippen MR) is 138 cm³/mol. The smallest absolute Gasteiger partial charge is 0.269 e. The molecule has 1 aliphatic rings. The van der Waals surface area contributed by atoms with Crippen molar-refractivity contribution in [2.24, 2.45) is 0 Å². The van der Waals surface area contributed by atoms with Crippen molar-refractivity contribution < 1.29 is 9.59 Å². The van der Waals surface area contributed by atoms with Gasteiger partial charge < -0.3 is 5.32 Å². The third kappa shape index (κ3) is 5.01. The first-order chi connectivity index (χ1) is 16.4. The van der Waals surface area contributed by atoms with Crippen molar-refractivity contribution >= 4 is 46.6 Å². The second-order valence-electron chi connectivity index (χ2n) is 8.00. The first-order valence-corrected chi connectivity index (χ1v) is 12.0. The topological polar surface area (TPSA) is 73.2 Å². The summed E-state index contributed by atoms with van der Waals surface area (Å²) in [5.74, 6) is -0.737. The van der Waals surface area contributed by atoms with Gasteiger partial charge in [-0.15, -0.1) is 0 Å². The first-order valence-electron chi connectivity index (χ1n) is 10.7. The van der Waals surface area contributed by atoms with Crippen LogP contribution in [0.15, 0.2) is 83.4 Å². The first kappa shape index (κ1) is 23.6. The molecule has 2 amide bonds. The highest BCUT2D eigenvalue weighted by Crippen LogP contribution is 2.42. The number of nitrogens with one attached hydrogen (secondary N) is 1. The fraction of sp³-hybridized carbons (Fsp3) is 0.148. The molecule has 0 spiro atoms. The molecule has 1 fully saturated rings. The Kier molecular flexibility index (Phi) is 7.06. The van der Waals surface area contributed by atoms with Crippen LogP contribution < -0.4 is 10.2 Å². The van der Waals surface area contributed by atoms with Gasteiger partial charge in [0.25, 0.3) is 5.91 Å². The monoisotopic (exact) mass is 487 g/mol. The highest BCUT2D eigenvalue weighted by Gasteiger charge is 2.41. The molecule has 1 aliphatic heterocycles. The Balaban J connectivity index is 1.73. The maximum absolute atomic E-state index is 13.6. The van der Waals surface area contributed by atoms with Crippen molar-refractivity contribution in [1.29, 1.82) is 5.26 Å². The number of carbonyl (C=O) groups excluding carboxylic acids is 2. The SMILES string of the molecule is Cc1ccc(NC(=O)/C(C#N)=C2\S[C@H](Cc3ccccc3C)C(=O)N2c2ccc(Cl)cc2)cc1. The summed E-state index contributed by atoms with van der Waals surface area (Å²) in [6, 6.07) is 24.0. The van der Waals surface area contributed by atoms with Crippen LogP contribution in [-0.4, -0.2) is 17.1 Å². The molecule has 170 valence electrons. The third-order valence-electron chi connectivity index (χ3n) is 5.57. The lowest BCUT2D eigenvalue weighted by Gasteiger charge is -2.19. The molecule has 7 heteroatoms. The third-order valence-corrected chi connectivity index (χ3v) is 7.08. The number of thioether (sulfide) groups is 1. The Morgan fingerprint density at radius 3 is 2.38 bits per heavy atom. The molecule has 4 rings (SSSR count). The summed E-state index contributed by atoms with van der Waals surface area (Å²) in [4.78, 5) is 28.1. The van der Waals surface area contributed by atoms with Crippen LogP contribution in [0.5, 0.6) is 0 Å². The summed E-state index contributed by atoms with van der Waals surface area (Å²) < 4.78 is 0. The van der Waals surface area contributed by atoms with Gasteiger partial charge >= 0.3 is 0 Å². The van der Waals surface area contributed by atoms with E-state index in [0.717, 1.165) is 16.7 Å². The maximum atomic E-state index is 13.6. The van der Waals surface area contributed by atoms with E-state index >= 15 is 0 Å². The maximum Gasteiger partial charge on any atom is 0.269 e. The average molecular weight is 488 g/mol. The quantitative estimate of drug-likeness (QED) is 0.352. The molecule has 34 heavy (non-hydrogen) atoms. The average Bonchev–Trinajstić information content (AvgIpc) is 3.13. The van der Waals surface area contributed by atoms with E-state index in [0.29, 0.717) is 27.8 Å². The lowest BCUT2D eigenvalue weighted by molar-refractivity contribution is -0.117. The predicted octanol–water partition coefficient (Wildman–Crippen LogP) is 6.02. The van der Waals surface area contributed by atoms with Gasteiger partial charge in [0, 0.05) is 16.4 Å². The lowest BCUT2D eigenvalue weighted by atomic mass is 10.0. The molecular weight excluding hydrogens is 466 g/mol. The second-order valence-corrected chi connectivity index (χ2v) is 9.63. The molecular formula is C27H22ClN3O2S. The number of aryl methyl sites for hydroxylation is 2. The van der Waals surface area contributed by atoms with Crippen LogP contribution >= 0.6 is 23.4 Å². The van der Waals surface area contributed by atoms with Crippen LogP contribution in [0.2, 0.25) is 5.02 Å². The minimum Gasteiger partial charge on any atom is -0.321 e. The molecule has 5 nitrogen and oxygen atoms in total. The normalized spacial score (nSPS) is 16.8. The zero-order valence-electron chi connectivity index (χ0n) is 18.7. The summed E-state index contributed by atoms with van der Waals surface area (Å²) in [5.41, 5.74) is 4.22. The van der Waals surface area contributed by atoms with Crippen LogP contribution in [0.1, 0.15) is 16.7 Å². The van der Waals surface area contributed by atoms with Crippen molar-refractivity contribution in [2.75, 3.05) is 10.2 Å². The highest BCUT2D eigenvalue weighted by molar-refractivity contribution is 8.05. The Morgan fingerprint density at radius 2 is 1.74 bits per heavy atom.